The summed E-state index contributed by atoms with van der Waals surface area (Å²) in [4.78, 5) is 31.1. The molecule has 158 valence electrons. The molecule has 0 aromatic heterocycles. The number of benzene rings is 1. The molecule has 2 unspecified atom stereocenters. The summed E-state index contributed by atoms with van der Waals surface area (Å²) < 4.78 is 0. The summed E-state index contributed by atoms with van der Waals surface area (Å²) >= 11 is 0. The van der Waals surface area contributed by atoms with Crippen LogP contribution in [0.4, 0.5) is 5.69 Å². The van der Waals surface area contributed by atoms with E-state index in [1.807, 2.05) is 36.1 Å². The van der Waals surface area contributed by atoms with Gasteiger partial charge in [0.05, 0.1) is 6.54 Å². The summed E-state index contributed by atoms with van der Waals surface area (Å²) in [6, 6.07) is 7.90. The van der Waals surface area contributed by atoms with Crippen LogP contribution in [0.1, 0.15) is 51.0 Å². The maximum atomic E-state index is 12.4. The van der Waals surface area contributed by atoms with Crippen molar-refractivity contribution in [2.75, 3.05) is 38.0 Å². The van der Waals surface area contributed by atoms with Gasteiger partial charge in [0.1, 0.15) is 0 Å². The maximum Gasteiger partial charge on any atom is 0.225 e. The van der Waals surface area contributed by atoms with Crippen molar-refractivity contribution in [2.24, 2.45) is 10.9 Å². The molecule has 0 radical (unpaired) electrons. The van der Waals surface area contributed by atoms with Gasteiger partial charge in [0.25, 0.3) is 0 Å². The van der Waals surface area contributed by atoms with Gasteiger partial charge in [-0.1, -0.05) is 25.1 Å². The molecule has 1 fully saturated rings. The van der Waals surface area contributed by atoms with Gasteiger partial charge in [0.2, 0.25) is 11.8 Å². The Balaban J connectivity index is 1.53. The highest BCUT2D eigenvalue weighted by Crippen LogP contribution is 2.31. The van der Waals surface area contributed by atoms with E-state index in [1.54, 1.807) is 0 Å². The fourth-order valence-corrected chi connectivity index (χ4v) is 4.07. The number of amides is 2. The summed E-state index contributed by atoms with van der Waals surface area (Å²) in [6.45, 7) is 7.79. The van der Waals surface area contributed by atoms with E-state index >= 15 is 0 Å². The fourth-order valence-electron chi connectivity index (χ4n) is 4.07. The number of rotatable bonds is 6. The Labute approximate surface area is 173 Å². The zero-order valence-corrected chi connectivity index (χ0v) is 17.5. The van der Waals surface area contributed by atoms with Crippen LogP contribution in [0, 0.1) is 5.92 Å². The van der Waals surface area contributed by atoms with Gasteiger partial charge >= 0.3 is 0 Å². The smallest absolute Gasteiger partial charge is 0.225 e. The number of nitrogens with zero attached hydrogens (tertiary/aromatic N) is 2. The number of likely N-dealkylation sites (tertiary alicyclic amines) is 1. The summed E-state index contributed by atoms with van der Waals surface area (Å²) in [6.07, 6.45) is 3.21. The first-order valence-corrected chi connectivity index (χ1v) is 10.8. The first kappa shape index (κ1) is 21.1. The van der Waals surface area contributed by atoms with E-state index in [2.05, 4.69) is 27.9 Å². The number of para-hydroxylation sites is 1. The molecule has 29 heavy (non-hydrogen) atoms. The number of hydrogen-bond donors (Lipinski definition) is 3. The van der Waals surface area contributed by atoms with E-state index in [1.165, 1.54) is 6.42 Å². The van der Waals surface area contributed by atoms with Crippen LogP contribution in [0.5, 0.6) is 0 Å². The molecule has 1 aromatic carbocycles. The predicted molar refractivity (Wildman–Crippen MR) is 116 cm³/mol. The predicted octanol–water partition coefficient (Wildman–Crippen LogP) is 2.32. The maximum absolute atomic E-state index is 12.4. The number of carbonyl (C=O) groups is 2. The minimum atomic E-state index is 0.0308. The second-order valence-corrected chi connectivity index (χ2v) is 8.02. The third kappa shape index (κ3) is 5.95. The number of guanidine groups is 1. The lowest BCUT2D eigenvalue weighted by molar-refractivity contribution is -0.132. The molecule has 2 amide bonds. The number of aliphatic imine (C=N–C) groups is 1. The van der Waals surface area contributed by atoms with Crippen LogP contribution in [0.15, 0.2) is 29.3 Å². The number of fused-ring (bicyclic) bond motifs is 1. The molecule has 1 saturated heterocycles. The number of piperidine rings is 1. The molecular weight excluding hydrogens is 366 g/mol. The van der Waals surface area contributed by atoms with Gasteiger partial charge in [-0.3, -0.25) is 14.6 Å². The molecule has 2 heterocycles. The van der Waals surface area contributed by atoms with Crippen molar-refractivity contribution in [3.63, 3.8) is 0 Å². The number of hydrogen-bond acceptors (Lipinski definition) is 3. The van der Waals surface area contributed by atoms with Crippen LogP contribution in [-0.4, -0.2) is 55.4 Å². The standard InChI is InChI=1S/C22H33N5O2/c1-3-23-22(24-11-10-21(29)27-12-6-7-16(2)15-27)25-14-17-13-20(28)26-19-9-5-4-8-18(17)19/h4-5,8-9,16-17H,3,6-7,10-15H2,1-2H3,(H,26,28)(H2,23,24,25). The molecule has 7 nitrogen and oxygen atoms in total. The Morgan fingerprint density at radius 3 is 2.93 bits per heavy atom. The highest BCUT2D eigenvalue weighted by molar-refractivity contribution is 5.94. The molecule has 2 aliphatic heterocycles. The molecular formula is C22H33N5O2. The van der Waals surface area contributed by atoms with Crippen molar-refractivity contribution in [3.8, 4) is 0 Å². The number of anilines is 1. The Morgan fingerprint density at radius 1 is 1.31 bits per heavy atom. The van der Waals surface area contributed by atoms with E-state index in [0.29, 0.717) is 37.8 Å². The second-order valence-electron chi connectivity index (χ2n) is 8.02. The first-order valence-electron chi connectivity index (χ1n) is 10.8. The molecule has 0 bridgehead atoms. The Bertz CT molecular complexity index is 748. The van der Waals surface area contributed by atoms with Gasteiger partial charge in [0.15, 0.2) is 5.96 Å². The SMILES string of the molecule is CCNC(=NCC1CC(=O)Nc2ccccc21)NCCC(=O)N1CCCC(C)C1. The molecule has 0 aliphatic carbocycles. The molecule has 3 N–H and O–H groups in total. The number of carbonyl (C=O) groups excluding carboxylic acids is 2. The van der Waals surface area contributed by atoms with Gasteiger partial charge in [-0.2, -0.15) is 0 Å². The van der Waals surface area contributed by atoms with Gasteiger partial charge < -0.3 is 20.9 Å². The van der Waals surface area contributed by atoms with Crippen LogP contribution >= 0.6 is 0 Å². The average Bonchev–Trinajstić information content (AvgIpc) is 2.71. The zero-order valence-electron chi connectivity index (χ0n) is 17.5. The molecule has 7 heteroatoms. The summed E-state index contributed by atoms with van der Waals surface area (Å²) in [7, 11) is 0. The monoisotopic (exact) mass is 399 g/mol. The van der Waals surface area contributed by atoms with Gasteiger partial charge in [0, 0.05) is 50.6 Å². The third-order valence-electron chi connectivity index (χ3n) is 5.56. The minimum absolute atomic E-state index is 0.0308. The van der Waals surface area contributed by atoms with Crippen molar-refractivity contribution in [3.05, 3.63) is 29.8 Å². The summed E-state index contributed by atoms with van der Waals surface area (Å²) in [5.41, 5.74) is 2.00. The fraction of sp³-hybridized carbons (Fsp3) is 0.591. The first-order chi connectivity index (χ1) is 14.1. The zero-order chi connectivity index (χ0) is 20.6. The second kappa shape index (κ2) is 10.3. The van der Waals surface area contributed by atoms with E-state index in [0.717, 1.165) is 37.3 Å². The van der Waals surface area contributed by atoms with E-state index in [4.69, 9.17) is 0 Å². The van der Waals surface area contributed by atoms with Crippen molar-refractivity contribution >= 4 is 23.5 Å². The largest absolute Gasteiger partial charge is 0.357 e. The number of nitrogens with one attached hydrogen (secondary N) is 3. The average molecular weight is 400 g/mol. The van der Waals surface area contributed by atoms with E-state index < -0.39 is 0 Å². The lowest BCUT2D eigenvalue weighted by atomic mass is 9.91. The quantitative estimate of drug-likeness (QED) is 0.506. The normalized spacial score (nSPS) is 21.9. The van der Waals surface area contributed by atoms with Crippen molar-refractivity contribution in [1.29, 1.82) is 0 Å². The van der Waals surface area contributed by atoms with Crippen LogP contribution in [0.25, 0.3) is 0 Å². The van der Waals surface area contributed by atoms with Gasteiger partial charge in [-0.05, 0) is 37.3 Å². The highest BCUT2D eigenvalue weighted by atomic mass is 16.2. The Morgan fingerprint density at radius 2 is 2.14 bits per heavy atom. The summed E-state index contributed by atoms with van der Waals surface area (Å²) in [5, 5.41) is 9.42. The van der Waals surface area contributed by atoms with Crippen molar-refractivity contribution in [2.45, 2.75) is 45.4 Å². The molecule has 1 aromatic rings. The molecule has 2 atom stereocenters. The topological polar surface area (TPSA) is 85.8 Å². The highest BCUT2D eigenvalue weighted by Gasteiger charge is 2.24. The summed E-state index contributed by atoms with van der Waals surface area (Å²) in [5.74, 6) is 1.58. The lowest BCUT2D eigenvalue weighted by Gasteiger charge is -2.31. The van der Waals surface area contributed by atoms with E-state index in [-0.39, 0.29) is 17.7 Å². The molecule has 0 saturated carbocycles. The van der Waals surface area contributed by atoms with Crippen LogP contribution in [0.2, 0.25) is 0 Å². The lowest BCUT2D eigenvalue weighted by Crippen LogP contribution is -2.42. The Hall–Kier alpha value is -2.57. The van der Waals surface area contributed by atoms with Crippen LogP contribution in [-0.2, 0) is 9.59 Å². The third-order valence-corrected chi connectivity index (χ3v) is 5.56. The van der Waals surface area contributed by atoms with Crippen LogP contribution in [0.3, 0.4) is 0 Å². The Kier molecular flexibility index (Phi) is 7.49. The van der Waals surface area contributed by atoms with Crippen molar-refractivity contribution in [1.82, 2.24) is 15.5 Å². The van der Waals surface area contributed by atoms with Gasteiger partial charge in [-0.25, -0.2) is 0 Å². The molecule has 3 rings (SSSR count). The molecule has 2 aliphatic rings. The van der Waals surface area contributed by atoms with Crippen molar-refractivity contribution < 1.29 is 9.59 Å². The van der Waals surface area contributed by atoms with Crippen LogP contribution < -0.4 is 16.0 Å². The molecule has 0 spiro atoms. The van der Waals surface area contributed by atoms with E-state index in [9.17, 15) is 9.59 Å². The van der Waals surface area contributed by atoms with Gasteiger partial charge in [-0.15, -0.1) is 0 Å². The minimum Gasteiger partial charge on any atom is -0.357 e.